The van der Waals surface area contributed by atoms with E-state index in [2.05, 4.69) is 9.97 Å². The molecule has 1 aromatic heterocycles. The molecule has 1 amide bonds. The minimum absolute atomic E-state index is 0.216. The number of nitrogens with zero attached hydrogens (tertiary/aromatic N) is 3. The Morgan fingerprint density at radius 2 is 2.18 bits per heavy atom. The van der Waals surface area contributed by atoms with Gasteiger partial charge >= 0.3 is 0 Å². The number of carbonyl (C=O) groups excluding carboxylic acids is 1. The predicted octanol–water partition coefficient (Wildman–Crippen LogP) is 1.97. The summed E-state index contributed by atoms with van der Waals surface area (Å²) in [6.45, 7) is 0.822. The van der Waals surface area contributed by atoms with Crippen molar-refractivity contribution in [2.75, 3.05) is 19.7 Å². The van der Waals surface area contributed by atoms with Gasteiger partial charge < -0.3 is 9.64 Å². The van der Waals surface area contributed by atoms with E-state index in [4.69, 9.17) is 4.74 Å². The molecule has 2 aromatic rings. The number of hydrogen-bond donors (Lipinski definition) is 0. The Morgan fingerprint density at radius 3 is 2.95 bits per heavy atom. The fraction of sp³-hybridized carbons (Fsp3) is 0.267. The zero-order valence-electron chi connectivity index (χ0n) is 11.6. The van der Waals surface area contributed by atoms with E-state index in [0.29, 0.717) is 18.8 Å². The fourth-order valence-corrected chi connectivity index (χ4v) is 2.32. The van der Waals surface area contributed by atoms with Crippen molar-refractivity contribution < 1.29 is 18.3 Å². The third kappa shape index (κ3) is 2.94. The van der Waals surface area contributed by atoms with Gasteiger partial charge in [-0.3, -0.25) is 14.8 Å². The molecule has 2 heterocycles. The summed E-state index contributed by atoms with van der Waals surface area (Å²) in [5.74, 6) is -1.95. The van der Waals surface area contributed by atoms with Crippen LogP contribution in [0.5, 0.6) is 0 Å². The topological polar surface area (TPSA) is 55.3 Å². The molecule has 0 bridgehead atoms. The van der Waals surface area contributed by atoms with E-state index in [1.165, 1.54) is 17.3 Å². The van der Waals surface area contributed by atoms with Crippen LogP contribution < -0.4 is 0 Å². The van der Waals surface area contributed by atoms with Crippen molar-refractivity contribution in [1.29, 1.82) is 0 Å². The average molecular weight is 305 g/mol. The quantitative estimate of drug-likeness (QED) is 0.851. The highest BCUT2D eigenvalue weighted by atomic mass is 19.1. The van der Waals surface area contributed by atoms with Crippen molar-refractivity contribution in [3.05, 3.63) is 59.7 Å². The Kier molecular flexibility index (Phi) is 4.06. The predicted molar refractivity (Wildman–Crippen MR) is 73.0 cm³/mol. The number of aromatic nitrogens is 2. The molecule has 0 N–H and O–H groups in total. The number of carbonyl (C=O) groups is 1. The van der Waals surface area contributed by atoms with Gasteiger partial charge in [-0.25, -0.2) is 8.78 Å². The van der Waals surface area contributed by atoms with Crippen LogP contribution in [0.25, 0.3) is 0 Å². The Hall–Kier alpha value is -2.41. The van der Waals surface area contributed by atoms with Gasteiger partial charge in [0.15, 0.2) is 0 Å². The summed E-state index contributed by atoms with van der Waals surface area (Å²) in [5, 5.41) is 0. The second-order valence-electron chi connectivity index (χ2n) is 4.87. The van der Waals surface area contributed by atoms with Gasteiger partial charge in [0.25, 0.3) is 5.91 Å². The summed E-state index contributed by atoms with van der Waals surface area (Å²) in [7, 11) is 0. The second kappa shape index (κ2) is 6.15. The minimum atomic E-state index is -0.742. The molecular weight excluding hydrogens is 292 g/mol. The van der Waals surface area contributed by atoms with Crippen LogP contribution in [-0.4, -0.2) is 40.5 Å². The maximum Gasteiger partial charge on any atom is 0.257 e. The van der Waals surface area contributed by atoms with Crippen LogP contribution >= 0.6 is 0 Å². The van der Waals surface area contributed by atoms with Crippen LogP contribution in [0.15, 0.2) is 36.8 Å². The first-order valence-corrected chi connectivity index (χ1v) is 6.77. The van der Waals surface area contributed by atoms with Gasteiger partial charge in [0.05, 0.1) is 30.6 Å². The lowest BCUT2D eigenvalue weighted by molar-refractivity contribution is -0.0250. The zero-order valence-corrected chi connectivity index (χ0v) is 11.6. The third-order valence-corrected chi connectivity index (χ3v) is 3.43. The van der Waals surface area contributed by atoms with Crippen LogP contribution in [-0.2, 0) is 4.74 Å². The van der Waals surface area contributed by atoms with Crippen LogP contribution in [0.4, 0.5) is 8.78 Å². The van der Waals surface area contributed by atoms with Crippen molar-refractivity contribution in [1.82, 2.24) is 14.9 Å². The largest absolute Gasteiger partial charge is 0.368 e. The highest BCUT2D eigenvalue weighted by Gasteiger charge is 2.28. The van der Waals surface area contributed by atoms with E-state index in [9.17, 15) is 13.6 Å². The smallest absolute Gasteiger partial charge is 0.257 e. The third-order valence-electron chi connectivity index (χ3n) is 3.43. The lowest BCUT2D eigenvalue weighted by Crippen LogP contribution is -2.42. The molecule has 0 unspecified atom stereocenters. The molecule has 0 aliphatic carbocycles. The molecule has 1 saturated heterocycles. The lowest BCUT2D eigenvalue weighted by atomic mass is 10.1. The highest BCUT2D eigenvalue weighted by molar-refractivity contribution is 5.94. The van der Waals surface area contributed by atoms with E-state index in [-0.39, 0.29) is 12.1 Å². The maximum atomic E-state index is 13.7. The SMILES string of the molecule is O=C(c1cc(F)ccc1F)N1CCO[C@@H](c2cnccn2)C1. The normalized spacial score (nSPS) is 18.3. The number of halogens is 2. The summed E-state index contributed by atoms with van der Waals surface area (Å²) < 4.78 is 32.5. The maximum absolute atomic E-state index is 13.7. The number of rotatable bonds is 2. The standard InChI is InChI=1S/C15H13F2N3O2/c16-10-1-2-12(17)11(7-10)15(21)20-5-6-22-14(9-20)13-8-18-3-4-19-13/h1-4,7-8,14H,5-6,9H2/t14-/m1/s1. The number of hydrogen-bond acceptors (Lipinski definition) is 4. The van der Waals surface area contributed by atoms with Gasteiger partial charge in [0, 0.05) is 18.9 Å². The summed E-state index contributed by atoms with van der Waals surface area (Å²) in [6.07, 6.45) is 4.20. The number of amides is 1. The van der Waals surface area contributed by atoms with Gasteiger partial charge in [-0.15, -0.1) is 0 Å². The summed E-state index contributed by atoms with van der Waals surface area (Å²) in [5.41, 5.74) is 0.319. The summed E-state index contributed by atoms with van der Waals surface area (Å²) in [4.78, 5) is 21.9. The van der Waals surface area contributed by atoms with Gasteiger partial charge in [0.1, 0.15) is 17.7 Å². The van der Waals surface area contributed by atoms with Gasteiger partial charge in [-0.1, -0.05) is 0 Å². The molecule has 0 saturated carbocycles. The van der Waals surface area contributed by atoms with E-state index in [0.717, 1.165) is 18.2 Å². The van der Waals surface area contributed by atoms with E-state index >= 15 is 0 Å². The molecule has 22 heavy (non-hydrogen) atoms. The van der Waals surface area contributed by atoms with Crippen molar-refractivity contribution in [2.45, 2.75) is 6.10 Å². The molecule has 1 aliphatic rings. The first-order valence-electron chi connectivity index (χ1n) is 6.77. The number of morpholine rings is 1. The van der Waals surface area contributed by atoms with Crippen LogP contribution in [0, 0.1) is 11.6 Å². The molecule has 1 atom stereocenters. The first-order chi connectivity index (χ1) is 10.6. The van der Waals surface area contributed by atoms with E-state index in [1.807, 2.05) is 0 Å². The average Bonchev–Trinajstić information content (AvgIpc) is 2.57. The molecule has 1 aromatic carbocycles. The Morgan fingerprint density at radius 1 is 1.32 bits per heavy atom. The Labute approximate surface area is 125 Å². The molecule has 7 heteroatoms. The summed E-state index contributed by atoms with van der Waals surface area (Å²) >= 11 is 0. The zero-order chi connectivity index (χ0) is 15.5. The summed E-state index contributed by atoms with van der Waals surface area (Å²) in [6, 6.07) is 2.83. The Bertz CT molecular complexity index is 682. The lowest BCUT2D eigenvalue weighted by Gasteiger charge is -2.32. The van der Waals surface area contributed by atoms with Crippen LogP contribution in [0.3, 0.4) is 0 Å². The molecular formula is C15H13F2N3O2. The van der Waals surface area contributed by atoms with Crippen molar-refractivity contribution >= 4 is 5.91 Å². The highest BCUT2D eigenvalue weighted by Crippen LogP contribution is 2.22. The van der Waals surface area contributed by atoms with E-state index < -0.39 is 23.6 Å². The van der Waals surface area contributed by atoms with Gasteiger partial charge in [0.2, 0.25) is 0 Å². The number of benzene rings is 1. The number of ether oxygens (including phenoxy) is 1. The van der Waals surface area contributed by atoms with E-state index in [1.54, 1.807) is 6.20 Å². The minimum Gasteiger partial charge on any atom is -0.368 e. The second-order valence-corrected chi connectivity index (χ2v) is 4.87. The van der Waals surface area contributed by atoms with Crippen molar-refractivity contribution in [2.24, 2.45) is 0 Å². The van der Waals surface area contributed by atoms with Crippen LogP contribution in [0.1, 0.15) is 22.2 Å². The molecule has 3 rings (SSSR count). The van der Waals surface area contributed by atoms with Crippen molar-refractivity contribution in [3.8, 4) is 0 Å². The molecule has 1 aliphatic heterocycles. The molecule has 0 radical (unpaired) electrons. The fourth-order valence-electron chi connectivity index (χ4n) is 2.32. The molecule has 0 spiro atoms. The van der Waals surface area contributed by atoms with Crippen molar-refractivity contribution in [3.63, 3.8) is 0 Å². The molecule has 1 fully saturated rings. The molecule has 114 valence electrons. The monoisotopic (exact) mass is 305 g/mol. The van der Waals surface area contributed by atoms with Gasteiger partial charge in [-0.05, 0) is 18.2 Å². The van der Waals surface area contributed by atoms with Gasteiger partial charge in [-0.2, -0.15) is 0 Å². The first kappa shape index (κ1) is 14.5. The Balaban J connectivity index is 1.80. The molecule has 5 nitrogen and oxygen atoms in total. The van der Waals surface area contributed by atoms with Crippen LogP contribution in [0.2, 0.25) is 0 Å².